The van der Waals surface area contributed by atoms with E-state index in [2.05, 4.69) is 138 Å². The number of hydrogen-bond acceptors (Lipinski definition) is 36. The molecule has 0 bridgehead atoms. The number of thiophene rings is 6. The molecule has 0 atom stereocenters. The van der Waals surface area contributed by atoms with Gasteiger partial charge in [-0.3, -0.25) is 29.4 Å². The van der Waals surface area contributed by atoms with Gasteiger partial charge in [0.05, 0.1) is 79.1 Å². The number of methoxy groups -OCH3 is 3. The number of rotatable bonds is 21. The molecule has 6 aliphatic heterocycles. The van der Waals surface area contributed by atoms with E-state index in [9.17, 15) is 17.6 Å². The fraction of sp³-hybridized carbons (Fsp3) is 0.352. The Balaban J connectivity index is 0.000000112. The van der Waals surface area contributed by atoms with Crippen LogP contribution in [0.2, 0.25) is 0 Å². The van der Waals surface area contributed by atoms with Crippen LogP contribution in [0.15, 0.2) is 176 Å². The molecule has 0 aliphatic carbocycles. The van der Waals surface area contributed by atoms with E-state index in [-0.39, 0.29) is 13.0 Å². The van der Waals surface area contributed by atoms with Crippen LogP contribution in [0.5, 0.6) is 17.2 Å². The number of fused-ring (bicyclic) bond motifs is 6. The van der Waals surface area contributed by atoms with Crippen molar-refractivity contribution >= 4 is 188 Å². The first-order valence-corrected chi connectivity index (χ1v) is 56.9. The predicted octanol–water partition coefficient (Wildman–Crippen LogP) is 21.6. The van der Waals surface area contributed by atoms with Crippen LogP contribution in [0.1, 0.15) is 78.9 Å². The van der Waals surface area contributed by atoms with Crippen molar-refractivity contribution < 1.29 is 36.5 Å². The third-order valence-corrected chi connectivity index (χ3v) is 34.3. The van der Waals surface area contributed by atoms with E-state index >= 15 is 0 Å². The van der Waals surface area contributed by atoms with Gasteiger partial charge in [-0.05, 0) is 150 Å². The zero-order chi connectivity index (χ0) is 103. The fourth-order valence-corrected chi connectivity index (χ4v) is 26.8. The molecule has 0 radical (unpaired) electrons. The molecular formula is C108H119F4N25O4S8. The number of hydrogen-bond donors (Lipinski definition) is 7. The number of alkyl halides is 4. The Morgan fingerprint density at radius 2 is 0.617 bits per heavy atom. The summed E-state index contributed by atoms with van der Waals surface area (Å²) in [6.45, 7) is 21.0. The molecule has 13 N–H and O–H groups in total. The lowest BCUT2D eigenvalue weighted by Gasteiger charge is -2.31. The van der Waals surface area contributed by atoms with Gasteiger partial charge in [0.15, 0.2) is 34.9 Å². The van der Waals surface area contributed by atoms with Crippen molar-refractivity contribution in [1.29, 1.82) is 0 Å². The minimum atomic E-state index is -2.60. The number of piperidine rings is 3. The number of aromatic nitrogens is 13. The van der Waals surface area contributed by atoms with Crippen molar-refractivity contribution in [2.45, 2.75) is 110 Å². The quantitative estimate of drug-likeness (QED) is 0.0329. The number of halogens is 4. The van der Waals surface area contributed by atoms with Crippen LogP contribution in [0, 0.1) is 13.8 Å². The molecule has 0 amide bonds. The monoisotopic (exact) mass is 2160 g/mol. The molecule has 13 aromatic heterocycles. The molecule has 776 valence electrons. The minimum Gasteiger partial charge on any atom is -0.497 e. The van der Waals surface area contributed by atoms with Gasteiger partial charge in [-0.25, -0.2) is 77.4 Å². The smallest absolute Gasteiger partial charge is 0.260 e. The zero-order valence-electron chi connectivity index (χ0n) is 83.5. The van der Waals surface area contributed by atoms with Crippen LogP contribution in [0.3, 0.4) is 0 Å². The molecule has 149 heavy (non-hydrogen) atoms. The second-order valence-corrected chi connectivity index (χ2v) is 46.6. The number of nitrogens with zero attached hydrogens (tertiary/aromatic N) is 18. The van der Waals surface area contributed by atoms with Crippen molar-refractivity contribution in [1.82, 2.24) is 94.2 Å². The van der Waals surface area contributed by atoms with E-state index in [0.717, 1.165) is 223 Å². The largest absolute Gasteiger partial charge is 0.497 e. The van der Waals surface area contributed by atoms with Gasteiger partial charge in [-0.15, -0.1) is 68.0 Å². The summed E-state index contributed by atoms with van der Waals surface area (Å²) in [6, 6.07) is 55.6. The number of H-pyrrole nitrogens is 1. The predicted molar refractivity (Wildman–Crippen MR) is 607 cm³/mol. The zero-order valence-corrected chi connectivity index (χ0v) is 90.1. The van der Waals surface area contributed by atoms with Gasteiger partial charge in [0.2, 0.25) is 0 Å². The van der Waals surface area contributed by atoms with E-state index in [1.165, 1.54) is 69.9 Å². The maximum Gasteiger partial charge on any atom is 0.260 e. The van der Waals surface area contributed by atoms with Gasteiger partial charge < -0.3 is 58.3 Å². The number of aromatic amines is 1. The van der Waals surface area contributed by atoms with Crippen LogP contribution in [-0.2, 0) is 44.0 Å². The van der Waals surface area contributed by atoms with Crippen molar-refractivity contribution in [2.75, 3.05) is 170 Å². The summed E-state index contributed by atoms with van der Waals surface area (Å²) in [5.74, 6) is 11.4. The minimum absolute atomic E-state index is 0.0295. The van der Waals surface area contributed by atoms with Crippen LogP contribution in [-0.4, -0.2) is 249 Å². The van der Waals surface area contributed by atoms with Crippen LogP contribution in [0.25, 0.3) is 130 Å². The summed E-state index contributed by atoms with van der Waals surface area (Å²) in [7, 11) is 4.91. The Bertz CT molecular complexity index is 7480. The van der Waals surface area contributed by atoms with Crippen LogP contribution in [0.4, 0.5) is 52.5 Å². The summed E-state index contributed by atoms with van der Waals surface area (Å²) in [6.07, 6.45) is 3.56. The second-order valence-electron chi connectivity index (χ2n) is 37.4. The van der Waals surface area contributed by atoms with Crippen molar-refractivity contribution in [3.05, 3.63) is 216 Å². The molecule has 0 spiro atoms. The topological polar surface area (TPSA) is 383 Å². The molecule has 41 heteroatoms. The molecular weight excluding hydrogens is 2040 g/mol. The molecule has 6 aliphatic rings. The third-order valence-electron chi connectivity index (χ3n) is 26.3. The molecule has 6 fully saturated rings. The number of ether oxygens (including phenoxy) is 4. The molecule has 5 aromatic carbocycles. The Hall–Kier alpha value is -12.0. The Morgan fingerprint density at radius 3 is 0.913 bits per heavy atom. The molecule has 18 aromatic rings. The van der Waals surface area contributed by atoms with E-state index in [1.54, 1.807) is 82.9 Å². The molecule has 29 nitrogen and oxygen atoms in total. The normalized spacial score (nSPS) is 16.3. The number of thioether (sulfide) groups is 2. The second kappa shape index (κ2) is 48.9. The number of aryl methyl sites for hydroxylation is 2. The third kappa shape index (κ3) is 27.3. The first-order valence-electron chi connectivity index (χ1n) is 49.7. The van der Waals surface area contributed by atoms with Gasteiger partial charge in [-0.1, -0.05) is 83.9 Å². The number of likely N-dealkylation sites (tertiary alicyclic amines) is 3. The first kappa shape index (κ1) is 105. The lowest BCUT2D eigenvalue weighted by atomic mass is 10.1. The number of benzene rings is 5. The SMILES string of the molecule is COc1cccc(-c2nc(N)c3cc(CN4CCCC(F)(F)C4)sc3n2)c1.COc1cccc(-c2nc(N)c3cc(CN4CCOCC4)sc3n2)c1.COc1cccc(-c2nc(N)c3cc(CN4CCSCC4)sc3n2)c1.Cc1cccc(-c2nc(N)c3cc(CN4CCC(F)CC4)sc3n2)c1.Cc1cccc(-c2nc(N)c3cc(CN4CCSCC4)sc3n2)c1.Nc1nc(-c2ccc[nH]2)nc2sc(CN3CCC(F)CC3)cc12. The van der Waals surface area contributed by atoms with Gasteiger partial charge in [-0.2, -0.15) is 23.5 Å². The molecule has 0 saturated carbocycles. The Labute approximate surface area is 894 Å². The van der Waals surface area contributed by atoms with Gasteiger partial charge in [0.1, 0.15) is 93.5 Å². The Morgan fingerprint density at radius 1 is 0.336 bits per heavy atom. The highest BCUT2D eigenvalue weighted by Crippen LogP contribution is 2.41. The van der Waals surface area contributed by atoms with Gasteiger partial charge >= 0.3 is 0 Å². The highest BCUT2D eigenvalue weighted by atomic mass is 32.2. The maximum atomic E-state index is 13.6. The van der Waals surface area contributed by atoms with Crippen LogP contribution < -0.4 is 48.6 Å². The van der Waals surface area contributed by atoms with Crippen LogP contribution >= 0.6 is 91.5 Å². The first-order chi connectivity index (χ1) is 72.3. The van der Waals surface area contributed by atoms with E-state index in [0.29, 0.717) is 121 Å². The summed E-state index contributed by atoms with van der Waals surface area (Å²) in [5.41, 5.74) is 44.9. The van der Waals surface area contributed by atoms with Crippen molar-refractivity contribution in [3.63, 3.8) is 0 Å². The maximum absolute atomic E-state index is 13.6. The number of nitrogen functional groups attached to an aromatic ring is 6. The number of nitrogens with one attached hydrogen (secondary N) is 1. The Kier molecular flexibility index (Phi) is 34.6. The number of nitrogens with two attached hydrogens (primary N) is 6. The lowest BCUT2D eigenvalue weighted by molar-refractivity contribution is -0.0658. The highest BCUT2D eigenvalue weighted by molar-refractivity contribution is 7.99. The van der Waals surface area contributed by atoms with Crippen molar-refractivity contribution in [2.24, 2.45) is 0 Å². The molecule has 6 saturated heterocycles. The fourth-order valence-electron chi connectivity index (χ4n) is 18.4. The van der Waals surface area contributed by atoms with Crippen molar-refractivity contribution in [3.8, 4) is 85.7 Å². The number of anilines is 6. The van der Waals surface area contributed by atoms with Gasteiger partial charge in [0.25, 0.3) is 5.92 Å². The van der Waals surface area contributed by atoms with E-state index in [1.807, 2.05) is 145 Å². The average molecular weight is 2160 g/mol. The number of morpholine rings is 1. The summed E-state index contributed by atoms with van der Waals surface area (Å²) in [4.78, 5) is 84.6. The molecule has 0 unspecified atom stereocenters. The summed E-state index contributed by atoms with van der Waals surface area (Å²) in [5, 5.41) is 5.46. The van der Waals surface area contributed by atoms with E-state index in [4.69, 9.17) is 73.3 Å². The molecule has 19 heterocycles. The molecule has 24 rings (SSSR count). The average Bonchev–Trinajstić information content (AvgIpc) is 1.68. The van der Waals surface area contributed by atoms with Gasteiger partial charge in [0, 0.05) is 197 Å². The lowest BCUT2D eigenvalue weighted by Crippen LogP contribution is -2.41. The highest BCUT2D eigenvalue weighted by Gasteiger charge is 2.36. The summed E-state index contributed by atoms with van der Waals surface area (Å²) < 4.78 is 75.0. The summed E-state index contributed by atoms with van der Waals surface area (Å²) >= 11 is 14.0. The van der Waals surface area contributed by atoms with E-state index < -0.39 is 18.3 Å². The standard InChI is InChI=1S/C19H20F2N4OS.C19H21FN4S.C18H20N4O2S.C18H20N4OS2.C18H20N4S2.C16H18FN5S/c1-26-13-5-2-4-12(8-13)17-23-16(22)15-9-14(27-18(15)24-17)10-25-7-3-6-19(20,21)11-25;1-12-3-2-4-13(9-12)18-22-17(21)16-10-15(25-19(16)23-18)11-24-7-5-14(20)6-8-24;2*1-23-13-4-2-3-12(9-13)17-20-16(19)15-10-14(25-18(15)21-17)11-22-5-7-24-8-6-22;1-12-3-2-4-13(9-12)17-20-16(19)15-10-14(24-18(15)21-17)11-22-5-7-23-8-6-22;17-10-3-6-22(7-4-10)9-11-8-12-14(18)20-15(21-16(12)23-11)13-2-1-5-19-13/h2,4-5,8-9H,3,6-7,10-11H2,1H3,(H2,22,23,24);2-4,9-10,14H,5-8,11H2,1H3,(H2,21,22,23);2*2-4,9-10H,5-8,11H2,1H3,(H2,19,20,21);2-4,9-10H,5-8,11H2,1H3,(H2,19,20,21);1-2,5,8,10,19H,3-4,6-7,9H2,(H2,18,20,21).